The van der Waals surface area contributed by atoms with E-state index in [1.54, 1.807) is 0 Å². The fourth-order valence-electron chi connectivity index (χ4n) is 4.79. The van der Waals surface area contributed by atoms with Crippen LogP contribution in [-0.2, 0) is 11.3 Å². The van der Waals surface area contributed by atoms with Gasteiger partial charge in [-0.3, -0.25) is 4.79 Å². The van der Waals surface area contributed by atoms with Crippen molar-refractivity contribution in [2.75, 3.05) is 11.5 Å². The molecule has 0 spiro atoms. The highest BCUT2D eigenvalue weighted by atomic mass is 16.5. The second-order valence-electron chi connectivity index (χ2n) is 8.38. The summed E-state index contributed by atoms with van der Waals surface area (Å²) in [5.74, 6) is 1.04. The quantitative estimate of drug-likeness (QED) is 0.363. The standard InChI is InChI=1S/C29H27NO2/c1-3-32-24-15-12-22(13-16-24)26-18-28(31)30(19-23-10-5-4-8-20(23)2)27-17-14-21-9-6-7-11-25(21)29(26)27/h4-17,26H,3,18-19H2,1-2H3. The molecule has 0 saturated heterocycles. The Balaban J connectivity index is 1.64. The third-order valence-electron chi connectivity index (χ3n) is 6.45. The van der Waals surface area contributed by atoms with Crippen LogP contribution in [0, 0.1) is 6.92 Å². The Hall–Kier alpha value is -3.59. The van der Waals surface area contributed by atoms with Crippen LogP contribution < -0.4 is 9.64 Å². The number of amides is 1. The number of anilines is 1. The fraction of sp³-hybridized carbons (Fsp3) is 0.207. The summed E-state index contributed by atoms with van der Waals surface area (Å²) in [4.78, 5) is 15.4. The summed E-state index contributed by atoms with van der Waals surface area (Å²) in [7, 11) is 0. The van der Waals surface area contributed by atoms with Crippen molar-refractivity contribution in [3.63, 3.8) is 0 Å². The SMILES string of the molecule is CCOc1ccc(C2CC(=O)N(Cc3ccccc3C)c3ccc4ccccc4c32)cc1. The zero-order valence-electron chi connectivity index (χ0n) is 18.5. The Labute approximate surface area is 189 Å². The van der Waals surface area contributed by atoms with Crippen molar-refractivity contribution in [3.05, 3.63) is 107 Å². The summed E-state index contributed by atoms with van der Waals surface area (Å²) in [5, 5.41) is 2.42. The highest BCUT2D eigenvalue weighted by Gasteiger charge is 2.33. The van der Waals surface area contributed by atoms with E-state index in [4.69, 9.17) is 4.74 Å². The van der Waals surface area contributed by atoms with Crippen LogP contribution >= 0.6 is 0 Å². The van der Waals surface area contributed by atoms with E-state index in [9.17, 15) is 4.79 Å². The van der Waals surface area contributed by atoms with E-state index in [0.29, 0.717) is 19.6 Å². The molecule has 160 valence electrons. The van der Waals surface area contributed by atoms with Gasteiger partial charge >= 0.3 is 0 Å². The molecule has 1 aliphatic heterocycles. The smallest absolute Gasteiger partial charge is 0.228 e. The molecule has 3 heteroatoms. The summed E-state index contributed by atoms with van der Waals surface area (Å²) in [6, 6.07) is 29.3. The van der Waals surface area contributed by atoms with Gasteiger partial charge in [0.25, 0.3) is 0 Å². The lowest BCUT2D eigenvalue weighted by Crippen LogP contribution is -2.36. The van der Waals surface area contributed by atoms with Gasteiger partial charge in [-0.25, -0.2) is 0 Å². The minimum Gasteiger partial charge on any atom is -0.494 e. The number of hydrogen-bond donors (Lipinski definition) is 0. The molecule has 0 aliphatic carbocycles. The molecule has 32 heavy (non-hydrogen) atoms. The number of fused-ring (bicyclic) bond motifs is 3. The summed E-state index contributed by atoms with van der Waals surface area (Å²) in [6.45, 7) is 5.32. The van der Waals surface area contributed by atoms with Gasteiger partial charge in [-0.1, -0.05) is 66.7 Å². The number of aryl methyl sites for hydroxylation is 1. The molecule has 1 aliphatic rings. The van der Waals surface area contributed by atoms with Gasteiger partial charge in [0, 0.05) is 18.0 Å². The van der Waals surface area contributed by atoms with Crippen LogP contribution in [0.4, 0.5) is 5.69 Å². The second-order valence-corrected chi connectivity index (χ2v) is 8.38. The van der Waals surface area contributed by atoms with Crippen LogP contribution in [0.1, 0.15) is 41.5 Å². The minimum absolute atomic E-state index is 0.0207. The predicted molar refractivity (Wildman–Crippen MR) is 130 cm³/mol. The van der Waals surface area contributed by atoms with Gasteiger partial charge in [0.2, 0.25) is 5.91 Å². The van der Waals surface area contributed by atoms with Crippen LogP contribution in [0.15, 0.2) is 84.9 Å². The van der Waals surface area contributed by atoms with Crippen LogP contribution in [-0.4, -0.2) is 12.5 Å². The van der Waals surface area contributed by atoms with Gasteiger partial charge in [-0.05, 0) is 65.1 Å². The van der Waals surface area contributed by atoms with Gasteiger partial charge in [-0.15, -0.1) is 0 Å². The van der Waals surface area contributed by atoms with E-state index >= 15 is 0 Å². The van der Waals surface area contributed by atoms with Crippen molar-refractivity contribution in [2.24, 2.45) is 0 Å². The molecule has 1 atom stereocenters. The van der Waals surface area contributed by atoms with Gasteiger partial charge in [0.1, 0.15) is 5.75 Å². The largest absolute Gasteiger partial charge is 0.494 e. The van der Waals surface area contributed by atoms with Crippen molar-refractivity contribution in [3.8, 4) is 5.75 Å². The fourth-order valence-corrected chi connectivity index (χ4v) is 4.79. The lowest BCUT2D eigenvalue weighted by atomic mass is 9.81. The number of benzene rings is 4. The molecular formula is C29H27NO2. The maximum absolute atomic E-state index is 13.5. The molecule has 0 radical (unpaired) electrons. The maximum atomic E-state index is 13.5. The molecule has 4 aromatic carbocycles. The van der Waals surface area contributed by atoms with Crippen molar-refractivity contribution in [1.29, 1.82) is 0 Å². The van der Waals surface area contributed by atoms with E-state index in [-0.39, 0.29) is 11.8 Å². The van der Waals surface area contributed by atoms with E-state index in [0.717, 1.165) is 17.0 Å². The Morgan fingerprint density at radius 3 is 2.44 bits per heavy atom. The highest BCUT2D eigenvalue weighted by molar-refractivity contribution is 6.03. The zero-order valence-corrected chi connectivity index (χ0v) is 18.5. The van der Waals surface area contributed by atoms with E-state index < -0.39 is 0 Å². The lowest BCUT2D eigenvalue weighted by Gasteiger charge is -2.35. The predicted octanol–water partition coefficient (Wildman–Crippen LogP) is 6.62. The molecule has 0 N–H and O–H groups in total. The maximum Gasteiger partial charge on any atom is 0.228 e. The van der Waals surface area contributed by atoms with Crippen LogP contribution in [0.25, 0.3) is 10.8 Å². The highest BCUT2D eigenvalue weighted by Crippen LogP contribution is 2.44. The molecule has 5 rings (SSSR count). The molecular weight excluding hydrogens is 394 g/mol. The second kappa shape index (κ2) is 8.51. The Morgan fingerprint density at radius 1 is 0.906 bits per heavy atom. The first-order valence-corrected chi connectivity index (χ1v) is 11.2. The number of rotatable bonds is 5. The van der Waals surface area contributed by atoms with Crippen LogP contribution in [0.3, 0.4) is 0 Å². The summed E-state index contributed by atoms with van der Waals surface area (Å²) >= 11 is 0. The number of hydrogen-bond acceptors (Lipinski definition) is 2. The zero-order chi connectivity index (χ0) is 22.1. The lowest BCUT2D eigenvalue weighted by molar-refractivity contribution is -0.119. The van der Waals surface area contributed by atoms with E-state index in [2.05, 4.69) is 67.6 Å². The number of nitrogens with zero attached hydrogens (tertiary/aromatic N) is 1. The van der Waals surface area contributed by atoms with E-state index in [1.807, 2.05) is 36.1 Å². The average Bonchev–Trinajstić information content (AvgIpc) is 2.82. The first kappa shape index (κ1) is 20.3. The van der Waals surface area contributed by atoms with Crippen molar-refractivity contribution >= 4 is 22.4 Å². The van der Waals surface area contributed by atoms with Gasteiger partial charge < -0.3 is 9.64 Å². The monoisotopic (exact) mass is 421 g/mol. The number of carbonyl (C=O) groups is 1. The summed E-state index contributed by atoms with van der Waals surface area (Å²) in [5.41, 5.74) is 5.79. The van der Waals surface area contributed by atoms with Gasteiger partial charge in [0.15, 0.2) is 0 Å². The van der Waals surface area contributed by atoms with Crippen LogP contribution in [0.5, 0.6) is 5.75 Å². The Kier molecular flexibility index (Phi) is 5.40. The number of carbonyl (C=O) groups excluding carboxylic acids is 1. The summed E-state index contributed by atoms with van der Waals surface area (Å²) in [6.07, 6.45) is 0.459. The van der Waals surface area contributed by atoms with Crippen molar-refractivity contribution in [2.45, 2.75) is 32.7 Å². The first-order chi connectivity index (χ1) is 15.7. The van der Waals surface area contributed by atoms with Gasteiger partial charge in [0.05, 0.1) is 13.2 Å². The molecule has 0 fully saturated rings. The van der Waals surface area contributed by atoms with E-state index in [1.165, 1.54) is 27.5 Å². The molecule has 0 saturated carbocycles. The molecule has 1 heterocycles. The van der Waals surface area contributed by atoms with Crippen molar-refractivity contribution < 1.29 is 9.53 Å². The third kappa shape index (κ3) is 3.64. The molecule has 0 bridgehead atoms. The van der Waals surface area contributed by atoms with Gasteiger partial charge in [-0.2, -0.15) is 0 Å². The summed E-state index contributed by atoms with van der Waals surface area (Å²) < 4.78 is 5.63. The molecule has 1 unspecified atom stereocenters. The topological polar surface area (TPSA) is 29.5 Å². The third-order valence-corrected chi connectivity index (χ3v) is 6.45. The molecule has 1 amide bonds. The molecule has 4 aromatic rings. The van der Waals surface area contributed by atoms with Crippen LogP contribution in [0.2, 0.25) is 0 Å². The normalized spacial score (nSPS) is 15.6. The molecule has 0 aromatic heterocycles. The average molecular weight is 422 g/mol. The first-order valence-electron chi connectivity index (χ1n) is 11.2. The Bertz CT molecular complexity index is 1280. The number of ether oxygens (including phenoxy) is 1. The minimum atomic E-state index is 0.0207. The van der Waals surface area contributed by atoms with Crippen molar-refractivity contribution in [1.82, 2.24) is 0 Å². The molecule has 3 nitrogen and oxygen atoms in total. The Morgan fingerprint density at radius 2 is 1.66 bits per heavy atom.